The van der Waals surface area contributed by atoms with E-state index in [1.165, 1.54) is 42.5 Å². The third-order valence-corrected chi connectivity index (χ3v) is 6.87. The summed E-state index contributed by atoms with van der Waals surface area (Å²) < 4.78 is 42.7. The highest BCUT2D eigenvalue weighted by atomic mass is 35.5. The van der Waals surface area contributed by atoms with Crippen molar-refractivity contribution in [1.82, 2.24) is 4.31 Å². The van der Waals surface area contributed by atoms with Gasteiger partial charge >= 0.3 is 12.1 Å². The fourth-order valence-corrected chi connectivity index (χ4v) is 4.69. The fourth-order valence-electron chi connectivity index (χ4n) is 3.30. The maximum atomic E-state index is 13.3. The molecule has 188 valence electrons. The summed E-state index contributed by atoms with van der Waals surface area (Å²) in [5.74, 6) is -0.727. The van der Waals surface area contributed by atoms with Crippen LogP contribution in [0.1, 0.15) is 43.6 Å². The second-order valence-electron chi connectivity index (χ2n) is 8.75. The summed E-state index contributed by atoms with van der Waals surface area (Å²) >= 11 is 5.86. The van der Waals surface area contributed by atoms with Crippen molar-refractivity contribution in [1.29, 1.82) is 0 Å². The summed E-state index contributed by atoms with van der Waals surface area (Å²) in [6.07, 6.45) is -1.81. The lowest BCUT2D eigenvalue weighted by Crippen LogP contribution is -2.43. The first-order valence-corrected chi connectivity index (χ1v) is 12.6. The summed E-state index contributed by atoms with van der Waals surface area (Å²) in [4.78, 5) is 37.7. The number of benzene rings is 2. The van der Waals surface area contributed by atoms with Crippen LogP contribution in [0.4, 0.5) is 4.79 Å². The Kier molecular flexibility index (Phi) is 7.76. The second-order valence-corrected chi connectivity index (χ2v) is 11.1. The van der Waals surface area contributed by atoms with Crippen molar-refractivity contribution in [2.75, 3.05) is 13.2 Å². The van der Waals surface area contributed by atoms with E-state index >= 15 is 0 Å². The number of carbonyl (C=O) groups is 3. The summed E-state index contributed by atoms with van der Waals surface area (Å²) in [7, 11) is -4.44. The number of hydrogen-bond acceptors (Lipinski definition) is 8. The molecule has 0 saturated carbocycles. The minimum absolute atomic E-state index is 0.150. The van der Waals surface area contributed by atoms with Crippen LogP contribution in [0.25, 0.3) is 0 Å². The molecule has 0 radical (unpaired) electrons. The van der Waals surface area contributed by atoms with Gasteiger partial charge in [-0.1, -0.05) is 11.6 Å². The zero-order valence-electron chi connectivity index (χ0n) is 19.7. The van der Waals surface area contributed by atoms with Gasteiger partial charge in [0.1, 0.15) is 17.9 Å². The first-order chi connectivity index (χ1) is 16.3. The van der Waals surface area contributed by atoms with Gasteiger partial charge in [0.25, 0.3) is 10.0 Å². The average Bonchev–Trinajstić information content (AvgIpc) is 3.20. The van der Waals surface area contributed by atoms with Gasteiger partial charge in [-0.2, -0.15) is 4.31 Å². The Morgan fingerprint density at radius 1 is 1.11 bits per heavy atom. The molecule has 1 aliphatic rings. The summed E-state index contributed by atoms with van der Waals surface area (Å²) in [6.45, 7) is 5.86. The minimum Gasteiger partial charge on any atom is -0.478 e. The van der Waals surface area contributed by atoms with Gasteiger partial charge in [0.2, 0.25) is 0 Å². The van der Waals surface area contributed by atoms with Crippen molar-refractivity contribution in [3.63, 3.8) is 0 Å². The zero-order chi connectivity index (χ0) is 26.0. The maximum Gasteiger partial charge on any atom is 0.424 e. The monoisotopic (exact) mass is 523 g/mol. The molecule has 2 aromatic rings. The molecule has 1 heterocycles. The molecular formula is C24H26ClNO8S. The van der Waals surface area contributed by atoms with Gasteiger partial charge < -0.3 is 14.2 Å². The Hall–Kier alpha value is -3.11. The minimum atomic E-state index is -4.44. The van der Waals surface area contributed by atoms with Crippen molar-refractivity contribution >= 4 is 39.5 Å². The number of carbonyl (C=O) groups excluding carboxylic acids is 3. The van der Waals surface area contributed by atoms with Crippen molar-refractivity contribution in [3.05, 3.63) is 58.6 Å². The van der Waals surface area contributed by atoms with E-state index in [1.807, 2.05) is 0 Å². The van der Waals surface area contributed by atoms with Crippen LogP contribution in [-0.2, 0) is 30.7 Å². The first-order valence-electron chi connectivity index (χ1n) is 10.8. The topological polar surface area (TPSA) is 116 Å². The summed E-state index contributed by atoms with van der Waals surface area (Å²) in [5, 5.41) is 0.310. The molecule has 0 fully saturated rings. The molecule has 0 aromatic heterocycles. The highest BCUT2D eigenvalue weighted by molar-refractivity contribution is 7.89. The number of rotatable bonds is 7. The van der Waals surface area contributed by atoms with Gasteiger partial charge in [-0.15, -0.1) is 0 Å². The van der Waals surface area contributed by atoms with E-state index in [0.717, 1.165) is 0 Å². The van der Waals surface area contributed by atoms with Crippen molar-refractivity contribution in [2.24, 2.45) is 0 Å². The zero-order valence-corrected chi connectivity index (χ0v) is 21.3. The van der Waals surface area contributed by atoms with Crippen LogP contribution in [0.2, 0.25) is 5.02 Å². The molecule has 0 aliphatic carbocycles. The normalized spacial score (nSPS) is 15.1. The number of halogens is 1. The molecule has 0 saturated heterocycles. The van der Waals surface area contributed by atoms with Crippen molar-refractivity contribution < 1.29 is 37.0 Å². The van der Waals surface area contributed by atoms with E-state index in [4.69, 9.17) is 25.8 Å². The van der Waals surface area contributed by atoms with E-state index < -0.39 is 46.1 Å². The number of Topliss-reactive ketones (excluding diaryl/α,β-unsaturated/α-hetero) is 1. The van der Waals surface area contributed by atoms with Crippen LogP contribution in [0.3, 0.4) is 0 Å². The summed E-state index contributed by atoms with van der Waals surface area (Å²) in [6, 6.07) is 9.68. The van der Waals surface area contributed by atoms with Crippen LogP contribution in [0.5, 0.6) is 5.75 Å². The van der Waals surface area contributed by atoms with Gasteiger partial charge in [-0.3, -0.25) is 4.79 Å². The first kappa shape index (κ1) is 26.5. The lowest BCUT2D eigenvalue weighted by Gasteiger charge is -2.26. The van der Waals surface area contributed by atoms with Crippen LogP contribution >= 0.6 is 11.6 Å². The molecule has 35 heavy (non-hydrogen) atoms. The molecule has 0 spiro atoms. The standard InChI is InChI=1S/C24H26ClNO8S/c1-5-32-22(28)21-13-16-12-15(6-11-20(16)33-21)19(27)14-26(23(29)34-24(2,3)4)35(30,31)18-9-7-17(25)8-10-18/h6-12,21H,5,13-14H2,1-4H3. The third-order valence-electron chi connectivity index (χ3n) is 4.89. The molecule has 0 N–H and O–H groups in total. The third kappa shape index (κ3) is 6.32. The largest absolute Gasteiger partial charge is 0.478 e. The number of hydrogen-bond donors (Lipinski definition) is 0. The van der Waals surface area contributed by atoms with E-state index in [2.05, 4.69) is 0 Å². The Morgan fingerprint density at radius 2 is 1.77 bits per heavy atom. The van der Waals surface area contributed by atoms with E-state index in [0.29, 0.717) is 20.6 Å². The number of nitrogens with zero attached hydrogens (tertiary/aromatic N) is 1. The Bertz CT molecular complexity index is 1240. The molecule has 0 bridgehead atoms. The van der Waals surface area contributed by atoms with Gasteiger partial charge in [0.05, 0.1) is 11.5 Å². The Labute approximate surface area is 209 Å². The predicted octanol–water partition coefficient (Wildman–Crippen LogP) is 4.02. The predicted molar refractivity (Wildman–Crippen MR) is 127 cm³/mol. The molecule has 1 aliphatic heterocycles. The number of amides is 1. The van der Waals surface area contributed by atoms with Gasteiger partial charge in [-0.25, -0.2) is 18.0 Å². The molecule has 2 aromatic carbocycles. The second kappa shape index (κ2) is 10.2. The van der Waals surface area contributed by atoms with Gasteiger partial charge in [0.15, 0.2) is 11.9 Å². The maximum absolute atomic E-state index is 13.3. The number of fused-ring (bicyclic) bond motifs is 1. The molecular weight excluding hydrogens is 498 g/mol. The van der Waals surface area contributed by atoms with Crippen LogP contribution in [0.15, 0.2) is 47.4 Å². The number of esters is 1. The smallest absolute Gasteiger partial charge is 0.424 e. The highest BCUT2D eigenvalue weighted by Crippen LogP contribution is 2.31. The molecule has 11 heteroatoms. The molecule has 9 nitrogen and oxygen atoms in total. The fraction of sp³-hybridized carbons (Fsp3) is 0.375. The van der Waals surface area contributed by atoms with Gasteiger partial charge in [-0.05, 0) is 75.7 Å². The molecule has 1 atom stereocenters. The van der Waals surface area contributed by atoms with E-state index in [1.54, 1.807) is 27.7 Å². The van der Waals surface area contributed by atoms with Crippen molar-refractivity contribution in [2.45, 2.75) is 50.7 Å². The molecule has 1 amide bonds. The Morgan fingerprint density at radius 3 is 2.37 bits per heavy atom. The van der Waals surface area contributed by atoms with E-state index in [-0.39, 0.29) is 23.5 Å². The number of ketones is 1. The molecule has 1 unspecified atom stereocenters. The average molecular weight is 524 g/mol. The SMILES string of the molecule is CCOC(=O)C1Cc2cc(C(=O)CN(C(=O)OC(C)(C)C)S(=O)(=O)c3ccc(Cl)cc3)ccc2O1. The van der Waals surface area contributed by atoms with E-state index in [9.17, 15) is 22.8 Å². The highest BCUT2D eigenvalue weighted by Gasteiger charge is 2.36. The lowest BCUT2D eigenvalue weighted by atomic mass is 10.0. The number of sulfonamides is 1. The van der Waals surface area contributed by atoms with Crippen LogP contribution in [-0.4, -0.2) is 55.4 Å². The van der Waals surface area contributed by atoms with Crippen molar-refractivity contribution in [3.8, 4) is 5.75 Å². The van der Waals surface area contributed by atoms with Crippen LogP contribution in [0, 0.1) is 0 Å². The van der Waals surface area contributed by atoms with Crippen LogP contribution < -0.4 is 4.74 Å². The lowest BCUT2D eigenvalue weighted by molar-refractivity contribution is -0.150. The Balaban J connectivity index is 1.88. The number of ether oxygens (including phenoxy) is 3. The quantitative estimate of drug-likeness (QED) is 0.394. The van der Waals surface area contributed by atoms with Gasteiger partial charge in [0, 0.05) is 17.0 Å². The summed E-state index contributed by atoms with van der Waals surface area (Å²) in [5.41, 5.74) is -0.254. The molecule has 3 rings (SSSR count).